The number of hydrogen-bond donors (Lipinski definition) is 0. The summed E-state index contributed by atoms with van der Waals surface area (Å²) in [5, 5.41) is 1.07. The summed E-state index contributed by atoms with van der Waals surface area (Å²) in [5.74, 6) is 1.25. The van der Waals surface area contributed by atoms with Crippen molar-refractivity contribution in [1.82, 2.24) is 9.55 Å². The van der Waals surface area contributed by atoms with Gasteiger partial charge in [-0.15, -0.1) is 11.6 Å². The fourth-order valence-corrected chi connectivity index (χ4v) is 2.26. The molecule has 0 saturated heterocycles. The fourth-order valence-electron chi connectivity index (χ4n) is 1.75. The van der Waals surface area contributed by atoms with Gasteiger partial charge in [0.1, 0.15) is 5.82 Å². The van der Waals surface area contributed by atoms with Gasteiger partial charge >= 0.3 is 0 Å². The molecule has 0 amide bonds. The molecule has 0 aliphatic rings. The molecule has 0 bridgehead atoms. The van der Waals surface area contributed by atoms with Crippen LogP contribution < -0.4 is 0 Å². The Morgan fingerprint density at radius 2 is 1.94 bits per heavy atom. The van der Waals surface area contributed by atoms with Crippen molar-refractivity contribution in [2.45, 2.75) is 25.8 Å². The second-order valence-corrected chi connectivity index (χ2v) is 4.65. The van der Waals surface area contributed by atoms with Gasteiger partial charge in [-0.25, -0.2) is 4.98 Å². The Balaban J connectivity index is 2.69. The minimum atomic E-state index is 0.393. The quantitative estimate of drug-likeness (QED) is 0.756. The van der Waals surface area contributed by atoms with E-state index in [-0.39, 0.29) is 0 Å². The Bertz CT molecular complexity index is 519. The van der Waals surface area contributed by atoms with Crippen LogP contribution in [0.15, 0.2) is 12.1 Å². The summed E-state index contributed by atoms with van der Waals surface area (Å²) in [6.45, 7) is 3.00. The van der Waals surface area contributed by atoms with Crippen molar-refractivity contribution in [3.8, 4) is 0 Å². The topological polar surface area (TPSA) is 17.8 Å². The second-order valence-electron chi connectivity index (χ2n) is 3.57. The lowest BCUT2D eigenvalue weighted by atomic mass is 10.3. The Kier molecular flexibility index (Phi) is 3.63. The van der Waals surface area contributed by atoms with E-state index in [0.29, 0.717) is 15.9 Å². The molecular weight excluding hydrogens is 266 g/mol. The number of aromatic nitrogens is 2. The van der Waals surface area contributed by atoms with Gasteiger partial charge in [-0.05, 0) is 18.6 Å². The number of hydrogen-bond acceptors (Lipinski definition) is 1. The van der Waals surface area contributed by atoms with E-state index in [1.165, 1.54) is 0 Å². The van der Waals surface area contributed by atoms with Gasteiger partial charge in [0.05, 0.1) is 27.0 Å². The van der Waals surface area contributed by atoms with Gasteiger partial charge in [0.15, 0.2) is 0 Å². The van der Waals surface area contributed by atoms with Crippen LogP contribution in [-0.4, -0.2) is 9.55 Å². The van der Waals surface area contributed by atoms with Crippen LogP contribution in [0.3, 0.4) is 0 Å². The summed E-state index contributed by atoms with van der Waals surface area (Å²) in [6, 6.07) is 3.62. The number of nitrogens with zero attached hydrogens (tertiary/aromatic N) is 2. The Morgan fingerprint density at radius 1 is 1.25 bits per heavy atom. The highest BCUT2D eigenvalue weighted by Gasteiger charge is 2.11. The van der Waals surface area contributed by atoms with E-state index in [4.69, 9.17) is 34.8 Å². The Morgan fingerprint density at radius 3 is 2.56 bits per heavy atom. The van der Waals surface area contributed by atoms with Crippen LogP contribution in [0.5, 0.6) is 0 Å². The van der Waals surface area contributed by atoms with E-state index in [9.17, 15) is 0 Å². The highest BCUT2D eigenvalue weighted by Crippen LogP contribution is 2.28. The largest absolute Gasteiger partial charge is 0.327 e. The molecule has 2 nitrogen and oxygen atoms in total. The summed E-state index contributed by atoms with van der Waals surface area (Å²) in [7, 11) is 0. The lowest BCUT2D eigenvalue weighted by molar-refractivity contribution is 0.672. The Hall–Kier alpha value is -0.440. The van der Waals surface area contributed by atoms with Crippen molar-refractivity contribution >= 4 is 45.8 Å². The van der Waals surface area contributed by atoms with Gasteiger partial charge in [-0.3, -0.25) is 0 Å². The number of benzene rings is 1. The number of rotatable bonds is 3. The van der Waals surface area contributed by atoms with E-state index >= 15 is 0 Å². The van der Waals surface area contributed by atoms with Crippen LogP contribution in [-0.2, 0) is 12.4 Å². The number of alkyl halides is 1. The SMILES string of the molecule is CCCn1c(CCl)nc2cc(Cl)c(Cl)cc21. The summed E-state index contributed by atoms with van der Waals surface area (Å²) >= 11 is 17.8. The van der Waals surface area contributed by atoms with Gasteiger partial charge in [0.2, 0.25) is 0 Å². The third kappa shape index (κ3) is 2.02. The van der Waals surface area contributed by atoms with Crippen molar-refractivity contribution in [3.05, 3.63) is 28.0 Å². The first-order valence-corrected chi connectivity index (χ1v) is 6.36. The molecule has 16 heavy (non-hydrogen) atoms. The molecule has 5 heteroatoms. The highest BCUT2D eigenvalue weighted by atomic mass is 35.5. The van der Waals surface area contributed by atoms with E-state index in [2.05, 4.69) is 16.5 Å². The van der Waals surface area contributed by atoms with Gasteiger partial charge in [-0.1, -0.05) is 30.1 Å². The fraction of sp³-hybridized carbons (Fsp3) is 0.364. The van der Waals surface area contributed by atoms with E-state index in [0.717, 1.165) is 29.8 Å². The predicted molar refractivity (Wildman–Crippen MR) is 69.6 cm³/mol. The zero-order valence-corrected chi connectivity index (χ0v) is 11.1. The number of aryl methyl sites for hydroxylation is 1. The monoisotopic (exact) mass is 276 g/mol. The standard InChI is InChI=1S/C11H11Cl3N2/c1-2-3-16-10-5-8(14)7(13)4-9(10)15-11(16)6-12/h4-5H,2-3,6H2,1H3. The van der Waals surface area contributed by atoms with Crippen molar-refractivity contribution in [3.63, 3.8) is 0 Å². The lowest BCUT2D eigenvalue weighted by Gasteiger charge is -2.05. The molecule has 0 radical (unpaired) electrons. The molecular formula is C11H11Cl3N2. The van der Waals surface area contributed by atoms with Gasteiger partial charge in [0.25, 0.3) is 0 Å². The zero-order chi connectivity index (χ0) is 11.7. The van der Waals surface area contributed by atoms with Crippen LogP contribution >= 0.6 is 34.8 Å². The summed E-state index contributed by atoms with van der Waals surface area (Å²) < 4.78 is 2.09. The van der Waals surface area contributed by atoms with Crippen LogP contribution in [0.25, 0.3) is 11.0 Å². The van der Waals surface area contributed by atoms with Crippen molar-refractivity contribution in [1.29, 1.82) is 0 Å². The normalized spacial score (nSPS) is 11.2. The van der Waals surface area contributed by atoms with Crippen LogP contribution in [0.2, 0.25) is 10.0 Å². The minimum absolute atomic E-state index is 0.393. The molecule has 0 unspecified atom stereocenters. The molecule has 0 fully saturated rings. The molecule has 2 aromatic rings. The number of imidazole rings is 1. The molecule has 1 aromatic heterocycles. The molecule has 0 spiro atoms. The molecule has 0 aliphatic carbocycles. The summed E-state index contributed by atoms with van der Waals surface area (Å²) in [6.07, 6.45) is 1.02. The van der Waals surface area contributed by atoms with Crippen molar-refractivity contribution in [2.24, 2.45) is 0 Å². The van der Waals surface area contributed by atoms with Crippen molar-refractivity contribution < 1.29 is 0 Å². The summed E-state index contributed by atoms with van der Waals surface area (Å²) in [5.41, 5.74) is 1.84. The zero-order valence-electron chi connectivity index (χ0n) is 8.80. The predicted octanol–water partition coefficient (Wildman–Crippen LogP) is 4.49. The minimum Gasteiger partial charge on any atom is -0.327 e. The van der Waals surface area contributed by atoms with Crippen LogP contribution in [0.4, 0.5) is 0 Å². The highest BCUT2D eigenvalue weighted by molar-refractivity contribution is 6.42. The van der Waals surface area contributed by atoms with Crippen LogP contribution in [0.1, 0.15) is 19.2 Å². The van der Waals surface area contributed by atoms with Crippen LogP contribution in [0, 0.1) is 0 Å². The number of halogens is 3. The average molecular weight is 278 g/mol. The average Bonchev–Trinajstić information content (AvgIpc) is 2.58. The van der Waals surface area contributed by atoms with Gasteiger partial charge in [-0.2, -0.15) is 0 Å². The van der Waals surface area contributed by atoms with Gasteiger partial charge < -0.3 is 4.57 Å². The molecule has 86 valence electrons. The second kappa shape index (κ2) is 4.82. The maximum Gasteiger partial charge on any atom is 0.124 e. The maximum atomic E-state index is 6.01. The third-order valence-corrected chi connectivity index (χ3v) is 3.40. The third-order valence-electron chi connectivity index (χ3n) is 2.44. The maximum absolute atomic E-state index is 6.01. The Labute approximate surface area is 109 Å². The first-order chi connectivity index (χ1) is 7.67. The first-order valence-electron chi connectivity index (χ1n) is 5.07. The molecule has 1 aromatic carbocycles. The lowest BCUT2D eigenvalue weighted by Crippen LogP contribution is -2.01. The van der Waals surface area contributed by atoms with Crippen molar-refractivity contribution in [2.75, 3.05) is 0 Å². The van der Waals surface area contributed by atoms with E-state index < -0.39 is 0 Å². The molecule has 0 saturated carbocycles. The smallest absolute Gasteiger partial charge is 0.124 e. The van der Waals surface area contributed by atoms with E-state index in [1.54, 1.807) is 6.07 Å². The summed E-state index contributed by atoms with van der Waals surface area (Å²) in [4.78, 5) is 4.44. The number of fused-ring (bicyclic) bond motifs is 1. The molecule has 0 N–H and O–H groups in total. The first kappa shape index (κ1) is 12.0. The molecule has 0 atom stereocenters. The van der Waals surface area contributed by atoms with E-state index in [1.807, 2.05) is 6.07 Å². The molecule has 0 aliphatic heterocycles. The van der Waals surface area contributed by atoms with Gasteiger partial charge in [0, 0.05) is 6.54 Å². The molecule has 2 rings (SSSR count). The molecule has 1 heterocycles.